The van der Waals surface area contributed by atoms with Crippen molar-refractivity contribution in [3.63, 3.8) is 0 Å². The molecule has 0 radical (unpaired) electrons. The number of aryl methyl sites for hydroxylation is 2. The number of aliphatic hydroxyl groups is 1. The summed E-state index contributed by atoms with van der Waals surface area (Å²) in [6, 6.07) is 9.97. The van der Waals surface area contributed by atoms with Crippen molar-refractivity contribution in [1.82, 2.24) is 15.0 Å². The Morgan fingerprint density at radius 1 is 1.13 bits per heavy atom. The molecule has 3 heterocycles. The molecule has 0 saturated carbocycles. The van der Waals surface area contributed by atoms with Gasteiger partial charge in [-0.15, -0.1) is 0 Å². The average molecular weight is 550 g/mol. The number of alkyl halides is 3. The van der Waals surface area contributed by atoms with Gasteiger partial charge in [0.1, 0.15) is 23.7 Å². The van der Waals surface area contributed by atoms with Crippen LogP contribution < -0.4 is 5.32 Å². The van der Waals surface area contributed by atoms with Crippen LogP contribution in [-0.2, 0) is 11.0 Å². The molecule has 11 heteroatoms. The number of hydrogen-bond donors (Lipinski definition) is 3. The normalized spacial score (nSPS) is 11.3. The number of anilines is 1. The summed E-state index contributed by atoms with van der Waals surface area (Å²) in [6.45, 7) is 7.39. The Hall–Kier alpha value is -3.63. The van der Waals surface area contributed by atoms with E-state index in [1.54, 1.807) is 38.4 Å². The zero-order valence-corrected chi connectivity index (χ0v) is 22.6. The highest BCUT2D eigenvalue weighted by Gasteiger charge is 2.32. The van der Waals surface area contributed by atoms with Crippen molar-refractivity contribution in [3.8, 4) is 0 Å². The van der Waals surface area contributed by atoms with E-state index in [1.165, 1.54) is 13.0 Å². The highest BCUT2D eigenvalue weighted by atomic mass is 35.5. The topological polar surface area (TPSA) is 95.4 Å². The van der Waals surface area contributed by atoms with Crippen LogP contribution in [0.5, 0.6) is 0 Å². The van der Waals surface area contributed by atoms with Gasteiger partial charge < -0.3 is 20.2 Å². The summed E-state index contributed by atoms with van der Waals surface area (Å²) in [6.07, 6.45) is 0.934. The molecule has 0 aliphatic carbocycles. The van der Waals surface area contributed by atoms with Crippen LogP contribution in [0.4, 0.5) is 18.9 Å². The number of H-pyrrole nitrogens is 1. The maximum absolute atomic E-state index is 12.2. The van der Waals surface area contributed by atoms with Crippen LogP contribution in [0.3, 0.4) is 0 Å². The van der Waals surface area contributed by atoms with Gasteiger partial charge in [-0.25, -0.2) is 4.98 Å². The number of aliphatic hydroxyl groups excluding tert-OH is 1. The summed E-state index contributed by atoms with van der Waals surface area (Å²) in [4.78, 5) is 17.2. The first kappa shape index (κ1) is 30.6. The van der Waals surface area contributed by atoms with Crippen molar-refractivity contribution >= 4 is 34.0 Å². The molecule has 0 unspecified atom stereocenters. The Morgan fingerprint density at radius 3 is 2.45 bits per heavy atom. The summed E-state index contributed by atoms with van der Waals surface area (Å²) >= 11 is 6.04. The number of fused-ring (bicyclic) bond motifs is 1. The lowest BCUT2D eigenvalue weighted by Gasteiger charge is -2.12. The Morgan fingerprint density at radius 2 is 1.84 bits per heavy atom. The number of hydrogen-bond acceptors (Lipinski definition) is 6. The number of nitrogens with zero attached hydrogens (tertiary/aromatic N) is 3. The number of aromatic amines is 1. The first-order valence-electron chi connectivity index (χ1n) is 11.8. The maximum Gasteiger partial charge on any atom is 0.416 e. The number of benzene rings is 1. The zero-order chi connectivity index (χ0) is 28.3. The molecule has 204 valence electrons. The number of oxime groups is 1. The minimum absolute atomic E-state index is 0.250. The summed E-state index contributed by atoms with van der Waals surface area (Å²) in [5.41, 5.74) is 4.10. The van der Waals surface area contributed by atoms with Crippen LogP contribution in [0, 0.1) is 13.8 Å². The molecular formula is C27H31ClF3N5O2. The molecule has 0 fully saturated rings. The molecule has 3 aromatic heterocycles. The van der Waals surface area contributed by atoms with Gasteiger partial charge in [-0.05, 0) is 57.5 Å². The molecular weight excluding hydrogens is 519 g/mol. The van der Waals surface area contributed by atoms with Gasteiger partial charge in [0, 0.05) is 43.2 Å². The Bertz CT molecular complexity index is 1360. The number of halogens is 4. The third kappa shape index (κ3) is 8.19. The van der Waals surface area contributed by atoms with Crippen LogP contribution >= 0.6 is 11.6 Å². The van der Waals surface area contributed by atoms with E-state index in [1.807, 2.05) is 32.3 Å². The lowest BCUT2D eigenvalue weighted by atomic mass is 10.0. The number of aromatic nitrogens is 3. The fraction of sp³-hybridized carbons (Fsp3) is 0.296. The van der Waals surface area contributed by atoms with Crippen molar-refractivity contribution in [1.29, 1.82) is 0 Å². The van der Waals surface area contributed by atoms with E-state index in [0.29, 0.717) is 28.6 Å². The van der Waals surface area contributed by atoms with E-state index in [9.17, 15) is 13.2 Å². The number of pyridine rings is 2. The third-order valence-corrected chi connectivity index (χ3v) is 5.25. The fourth-order valence-electron chi connectivity index (χ4n) is 3.38. The largest absolute Gasteiger partial charge is 0.416 e. The van der Waals surface area contributed by atoms with Crippen molar-refractivity contribution in [2.75, 3.05) is 25.6 Å². The van der Waals surface area contributed by atoms with Crippen LogP contribution in [0.15, 0.2) is 60.1 Å². The predicted octanol–water partition coefficient (Wildman–Crippen LogP) is 6.76. The second-order valence-corrected chi connectivity index (χ2v) is 8.32. The van der Waals surface area contributed by atoms with Gasteiger partial charge in [0.05, 0.1) is 16.3 Å². The van der Waals surface area contributed by atoms with Crippen LogP contribution in [0.2, 0.25) is 5.02 Å². The summed E-state index contributed by atoms with van der Waals surface area (Å²) in [5.74, 6) is 0. The Kier molecular flexibility index (Phi) is 11.5. The lowest BCUT2D eigenvalue weighted by Crippen LogP contribution is -2.11. The first-order valence-corrected chi connectivity index (χ1v) is 12.2. The SMILES string of the molecule is CCO.CCO/N=C(/c1ncc(Cl)cc1NC)c1ccnc2[nH]ccc12.Cc1ccc(C)c(C(F)(F)F)c1. The minimum atomic E-state index is -4.23. The van der Waals surface area contributed by atoms with Gasteiger partial charge in [-0.1, -0.05) is 34.5 Å². The quantitative estimate of drug-likeness (QED) is 0.189. The smallest absolute Gasteiger partial charge is 0.397 e. The van der Waals surface area contributed by atoms with Crippen molar-refractivity contribution < 1.29 is 23.1 Å². The maximum atomic E-state index is 12.2. The molecule has 0 aliphatic heterocycles. The van der Waals surface area contributed by atoms with Crippen molar-refractivity contribution in [2.24, 2.45) is 5.16 Å². The van der Waals surface area contributed by atoms with E-state index in [0.717, 1.165) is 28.4 Å². The zero-order valence-electron chi connectivity index (χ0n) is 21.8. The van der Waals surface area contributed by atoms with Crippen LogP contribution in [-0.4, -0.2) is 46.0 Å². The molecule has 3 N–H and O–H groups in total. The monoisotopic (exact) mass is 549 g/mol. The van der Waals surface area contributed by atoms with Gasteiger partial charge in [-0.3, -0.25) is 4.98 Å². The molecule has 1 aromatic carbocycles. The summed E-state index contributed by atoms with van der Waals surface area (Å²) in [7, 11) is 1.81. The van der Waals surface area contributed by atoms with E-state index >= 15 is 0 Å². The van der Waals surface area contributed by atoms with E-state index in [2.05, 4.69) is 25.4 Å². The molecule has 38 heavy (non-hydrogen) atoms. The van der Waals surface area contributed by atoms with Gasteiger partial charge >= 0.3 is 6.18 Å². The van der Waals surface area contributed by atoms with E-state index in [4.69, 9.17) is 21.5 Å². The second kappa shape index (κ2) is 14.3. The molecule has 0 spiro atoms. The molecule has 0 saturated heterocycles. The van der Waals surface area contributed by atoms with E-state index in [-0.39, 0.29) is 12.2 Å². The molecule has 4 rings (SSSR count). The van der Waals surface area contributed by atoms with Crippen LogP contribution in [0.1, 0.15) is 41.8 Å². The molecule has 0 bridgehead atoms. The van der Waals surface area contributed by atoms with Gasteiger partial charge in [0.2, 0.25) is 0 Å². The highest BCUT2D eigenvalue weighted by molar-refractivity contribution is 6.31. The van der Waals surface area contributed by atoms with Crippen LogP contribution in [0.25, 0.3) is 11.0 Å². The lowest BCUT2D eigenvalue weighted by molar-refractivity contribution is -0.138. The van der Waals surface area contributed by atoms with Crippen molar-refractivity contribution in [2.45, 2.75) is 33.9 Å². The highest BCUT2D eigenvalue weighted by Crippen LogP contribution is 2.32. The summed E-state index contributed by atoms with van der Waals surface area (Å²) < 4.78 is 36.7. The molecule has 0 amide bonds. The Balaban J connectivity index is 0.000000284. The molecule has 4 aromatic rings. The molecule has 0 atom stereocenters. The van der Waals surface area contributed by atoms with Gasteiger partial charge in [0.25, 0.3) is 0 Å². The fourth-order valence-corrected chi connectivity index (χ4v) is 3.53. The molecule has 0 aliphatic rings. The predicted molar refractivity (Wildman–Crippen MR) is 146 cm³/mol. The average Bonchev–Trinajstić information content (AvgIpc) is 3.36. The van der Waals surface area contributed by atoms with Gasteiger partial charge in [0.15, 0.2) is 0 Å². The van der Waals surface area contributed by atoms with Gasteiger partial charge in [-0.2, -0.15) is 13.2 Å². The molecule has 7 nitrogen and oxygen atoms in total. The minimum Gasteiger partial charge on any atom is -0.397 e. The summed E-state index contributed by atoms with van der Waals surface area (Å²) in [5, 5.41) is 16.4. The third-order valence-electron chi connectivity index (χ3n) is 5.05. The number of rotatable bonds is 5. The first-order chi connectivity index (χ1) is 18.1. The second-order valence-electron chi connectivity index (χ2n) is 7.89. The van der Waals surface area contributed by atoms with E-state index < -0.39 is 11.7 Å². The standard InChI is InChI=1S/C16H16ClN5O.C9H9F3.C2H6O/c1-3-23-22-14(15-13(18-2)8-10(17)9-21-15)11-4-6-19-16-12(11)5-7-20-16;1-6-3-4-7(2)8(5-6)9(10,11)12;1-2-3/h4-9,18H,3H2,1-2H3,(H,19,20);3-5H,1-2H3;3H,2H2,1H3/b22-14+;;. The Labute approximate surface area is 224 Å². The number of nitrogens with one attached hydrogen (secondary N) is 2. The van der Waals surface area contributed by atoms with Crippen molar-refractivity contribution in [3.05, 3.63) is 88.0 Å².